The summed E-state index contributed by atoms with van der Waals surface area (Å²) in [6.45, 7) is 7.11. The number of carbonyl (C=O) groups excluding carboxylic acids is 1. The summed E-state index contributed by atoms with van der Waals surface area (Å²) in [6.07, 6.45) is 0.901. The van der Waals surface area contributed by atoms with Gasteiger partial charge in [-0.25, -0.2) is 4.79 Å². The van der Waals surface area contributed by atoms with E-state index in [1.165, 1.54) is 0 Å². The highest BCUT2D eigenvalue weighted by molar-refractivity contribution is 6.31. The second kappa shape index (κ2) is 7.79. The van der Waals surface area contributed by atoms with Crippen molar-refractivity contribution in [3.8, 4) is 0 Å². The van der Waals surface area contributed by atoms with Crippen molar-refractivity contribution in [1.82, 2.24) is 4.90 Å². The molecule has 0 aliphatic carbocycles. The van der Waals surface area contributed by atoms with Crippen molar-refractivity contribution in [3.63, 3.8) is 0 Å². The maximum Gasteiger partial charge on any atom is 0.321 e. The van der Waals surface area contributed by atoms with E-state index in [1.807, 2.05) is 42.2 Å². The van der Waals surface area contributed by atoms with Crippen LogP contribution in [0.15, 0.2) is 42.5 Å². The summed E-state index contributed by atoms with van der Waals surface area (Å²) < 4.78 is 0. The normalized spacial score (nSPS) is 14.5. The van der Waals surface area contributed by atoms with Crippen LogP contribution in [0.3, 0.4) is 0 Å². The van der Waals surface area contributed by atoms with E-state index < -0.39 is 0 Å². The Morgan fingerprint density at radius 2 is 1.84 bits per heavy atom. The van der Waals surface area contributed by atoms with Crippen molar-refractivity contribution in [2.24, 2.45) is 0 Å². The Morgan fingerprint density at radius 1 is 1.12 bits per heavy atom. The number of nitrogens with zero attached hydrogens (tertiary/aromatic N) is 2. The molecule has 1 aliphatic heterocycles. The average Bonchev–Trinajstić information content (AvgIpc) is 2.64. The van der Waals surface area contributed by atoms with Gasteiger partial charge in [0.2, 0.25) is 0 Å². The minimum absolute atomic E-state index is 0.0255. The molecule has 0 aromatic heterocycles. The van der Waals surface area contributed by atoms with Crippen LogP contribution in [-0.4, -0.2) is 37.1 Å². The molecule has 0 bridgehead atoms. The number of hydrogen-bond donors (Lipinski definition) is 1. The molecule has 0 spiro atoms. The lowest BCUT2D eigenvalue weighted by Gasteiger charge is -2.36. The van der Waals surface area contributed by atoms with Crippen LogP contribution in [0.4, 0.5) is 16.2 Å². The second-order valence-electron chi connectivity index (χ2n) is 6.35. The molecule has 4 nitrogen and oxygen atoms in total. The number of halogens is 1. The van der Waals surface area contributed by atoms with Crippen LogP contribution in [0.2, 0.25) is 5.02 Å². The average molecular weight is 358 g/mol. The fourth-order valence-electron chi connectivity index (χ4n) is 3.09. The number of hydrogen-bond acceptors (Lipinski definition) is 2. The molecule has 0 atom stereocenters. The number of para-hydroxylation sites is 1. The van der Waals surface area contributed by atoms with Crippen LogP contribution in [0, 0.1) is 6.92 Å². The van der Waals surface area contributed by atoms with Gasteiger partial charge in [0.1, 0.15) is 0 Å². The van der Waals surface area contributed by atoms with Crippen molar-refractivity contribution in [2.45, 2.75) is 20.3 Å². The lowest BCUT2D eigenvalue weighted by Crippen LogP contribution is -2.50. The highest BCUT2D eigenvalue weighted by Gasteiger charge is 2.22. The first-order valence-corrected chi connectivity index (χ1v) is 9.11. The van der Waals surface area contributed by atoms with Crippen LogP contribution in [0.25, 0.3) is 0 Å². The largest absolute Gasteiger partial charge is 0.368 e. The maximum absolute atomic E-state index is 12.6. The smallest absolute Gasteiger partial charge is 0.321 e. The lowest BCUT2D eigenvalue weighted by atomic mass is 10.1. The Balaban J connectivity index is 1.60. The number of piperazine rings is 1. The number of aryl methyl sites for hydroxylation is 2. The molecule has 1 saturated heterocycles. The zero-order valence-electron chi connectivity index (χ0n) is 14.8. The van der Waals surface area contributed by atoms with E-state index in [-0.39, 0.29) is 6.03 Å². The van der Waals surface area contributed by atoms with Crippen LogP contribution < -0.4 is 10.2 Å². The lowest BCUT2D eigenvalue weighted by molar-refractivity contribution is 0.208. The zero-order chi connectivity index (χ0) is 17.8. The van der Waals surface area contributed by atoms with Gasteiger partial charge in [-0.2, -0.15) is 0 Å². The molecule has 0 saturated carbocycles. The van der Waals surface area contributed by atoms with Crippen molar-refractivity contribution < 1.29 is 4.79 Å². The quantitative estimate of drug-likeness (QED) is 0.873. The van der Waals surface area contributed by atoms with E-state index in [0.717, 1.165) is 47.0 Å². The molecule has 132 valence electrons. The first-order valence-electron chi connectivity index (χ1n) is 8.73. The van der Waals surface area contributed by atoms with Gasteiger partial charge >= 0.3 is 6.03 Å². The summed E-state index contributed by atoms with van der Waals surface area (Å²) >= 11 is 6.23. The molecule has 2 amide bonds. The van der Waals surface area contributed by atoms with Crippen molar-refractivity contribution >= 4 is 29.0 Å². The van der Waals surface area contributed by atoms with Gasteiger partial charge in [-0.1, -0.05) is 42.8 Å². The maximum atomic E-state index is 12.6. The first kappa shape index (κ1) is 17.6. The van der Waals surface area contributed by atoms with Crippen LogP contribution in [0.1, 0.15) is 18.1 Å². The first-order chi connectivity index (χ1) is 12.1. The van der Waals surface area contributed by atoms with E-state index >= 15 is 0 Å². The monoisotopic (exact) mass is 357 g/mol. The Labute approximate surface area is 154 Å². The fraction of sp³-hybridized carbons (Fsp3) is 0.350. The van der Waals surface area contributed by atoms with Crippen molar-refractivity contribution in [3.05, 3.63) is 58.6 Å². The predicted octanol–water partition coefficient (Wildman–Crippen LogP) is 4.56. The Kier molecular flexibility index (Phi) is 5.49. The van der Waals surface area contributed by atoms with E-state index in [4.69, 9.17) is 11.6 Å². The Hall–Kier alpha value is -2.20. The molecule has 25 heavy (non-hydrogen) atoms. The van der Waals surface area contributed by atoms with Gasteiger partial charge in [-0.3, -0.25) is 0 Å². The van der Waals surface area contributed by atoms with Gasteiger partial charge in [0.05, 0.1) is 0 Å². The van der Waals surface area contributed by atoms with Crippen LogP contribution >= 0.6 is 11.6 Å². The van der Waals surface area contributed by atoms with Crippen LogP contribution in [-0.2, 0) is 6.42 Å². The summed E-state index contributed by atoms with van der Waals surface area (Å²) in [6, 6.07) is 14.1. The number of benzene rings is 2. The van der Waals surface area contributed by atoms with Gasteiger partial charge in [0.25, 0.3) is 0 Å². The molecular weight excluding hydrogens is 334 g/mol. The second-order valence-corrected chi connectivity index (χ2v) is 6.76. The third kappa shape index (κ3) is 4.07. The number of rotatable bonds is 3. The van der Waals surface area contributed by atoms with E-state index in [0.29, 0.717) is 13.1 Å². The number of nitrogens with one attached hydrogen (secondary N) is 1. The number of amides is 2. The van der Waals surface area contributed by atoms with Gasteiger partial charge in [0, 0.05) is 42.6 Å². The molecule has 3 rings (SSSR count). The molecule has 0 radical (unpaired) electrons. The van der Waals surface area contributed by atoms with Crippen molar-refractivity contribution in [1.29, 1.82) is 0 Å². The van der Waals surface area contributed by atoms with E-state index in [1.54, 1.807) is 0 Å². The molecule has 5 heteroatoms. The Bertz CT molecular complexity index is 754. The number of anilines is 2. The third-order valence-electron chi connectivity index (χ3n) is 4.73. The third-order valence-corrected chi connectivity index (χ3v) is 5.13. The summed E-state index contributed by atoms with van der Waals surface area (Å²) in [7, 11) is 0. The summed E-state index contributed by atoms with van der Waals surface area (Å²) in [5.74, 6) is 0. The molecule has 1 N–H and O–H groups in total. The molecular formula is C20H24ClN3O. The van der Waals surface area contributed by atoms with Crippen molar-refractivity contribution in [2.75, 3.05) is 36.4 Å². The molecule has 1 aliphatic rings. The molecule has 1 heterocycles. The highest BCUT2D eigenvalue weighted by Crippen LogP contribution is 2.24. The molecule has 2 aromatic rings. The van der Waals surface area contributed by atoms with E-state index in [9.17, 15) is 4.79 Å². The minimum Gasteiger partial charge on any atom is -0.368 e. The zero-order valence-corrected chi connectivity index (χ0v) is 15.5. The van der Waals surface area contributed by atoms with Gasteiger partial charge < -0.3 is 15.1 Å². The van der Waals surface area contributed by atoms with Gasteiger partial charge in [-0.15, -0.1) is 0 Å². The Morgan fingerprint density at radius 3 is 2.52 bits per heavy atom. The SMILES string of the molecule is CCc1ccccc1NC(=O)N1CCN(c2ccc(C)c(Cl)c2)CC1. The summed E-state index contributed by atoms with van der Waals surface area (Å²) in [5.41, 5.74) is 4.26. The number of urea groups is 1. The fourth-order valence-corrected chi connectivity index (χ4v) is 3.27. The minimum atomic E-state index is -0.0255. The van der Waals surface area contributed by atoms with E-state index in [2.05, 4.69) is 29.3 Å². The molecule has 2 aromatic carbocycles. The highest BCUT2D eigenvalue weighted by atomic mass is 35.5. The molecule has 0 unspecified atom stereocenters. The topological polar surface area (TPSA) is 35.6 Å². The van der Waals surface area contributed by atoms with Gasteiger partial charge in [0.15, 0.2) is 0 Å². The van der Waals surface area contributed by atoms with Crippen LogP contribution in [0.5, 0.6) is 0 Å². The predicted molar refractivity (Wildman–Crippen MR) is 105 cm³/mol. The molecule has 1 fully saturated rings. The summed E-state index contributed by atoms with van der Waals surface area (Å²) in [5, 5.41) is 3.84. The summed E-state index contributed by atoms with van der Waals surface area (Å²) in [4.78, 5) is 16.7. The standard InChI is InChI=1S/C20H24ClN3O/c1-3-16-6-4-5-7-19(16)22-20(25)24-12-10-23(11-13-24)17-9-8-15(2)18(21)14-17/h4-9,14H,3,10-13H2,1-2H3,(H,22,25). The number of carbonyl (C=O) groups is 1. The van der Waals surface area contributed by atoms with Gasteiger partial charge in [-0.05, 0) is 42.7 Å².